The van der Waals surface area contributed by atoms with E-state index in [9.17, 15) is 8.78 Å². The minimum atomic E-state index is -2.34. The number of hydrogen-bond acceptors (Lipinski definition) is 0. The Balaban J connectivity index is 1.88. The smallest absolute Gasteiger partial charge is 0.198 e. The molecule has 0 heterocycles. The van der Waals surface area contributed by atoms with E-state index in [1.54, 1.807) is 0 Å². The van der Waals surface area contributed by atoms with Crippen LogP contribution in [0.25, 0.3) is 43.1 Å². The van der Waals surface area contributed by atoms with E-state index in [0.29, 0.717) is 27.4 Å². The Morgan fingerprint density at radius 2 is 0.880 bits per heavy atom. The van der Waals surface area contributed by atoms with Crippen molar-refractivity contribution in [3.8, 4) is 22.9 Å². The lowest BCUT2D eigenvalue weighted by Gasteiger charge is -2.38. The van der Waals surface area contributed by atoms with Gasteiger partial charge in [0.2, 0.25) is 0 Å². The minimum Gasteiger partial charge on any atom is -0.203 e. The maximum absolute atomic E-state index is 15.7. The summed E-state index contributed by atoms with van der Waals surface area (Å²) in [5, 5.41) is 4.33. The normalized spacial score (nSPS) is 12.8. The molecule has 0 saturated carbocycles. The summed E-state index contributed by atoms with van der Waals surface area (Å²) < 4.78 is 60.8. The number of rotatable bonds is 6. The van der Waals surface area contributed by atoms with Crippen LogP contribution < -0.4 is 0 Å². The van der Waals surface area contributed by atoms with Crippen LogP contribution in [0.5, 0.6) is 0 Å². The Labute approximate surface area is 298 Å². The van der Waals surface area contributed by atoms with Crippen LogP contribution in [0.4, 0.5) is 17.6 Å². The number of halogens is 4. The summed E-state index contributed by atoms with van der Waals surface area (Å²) in [6.45, 7) is 26.8. The molecule has 0 aliphatic heterocycles. The Bertz CT molecular complexity index is 2210. The van der Waals surface area contributed by atoms with Gasteiger partial charge in [-0.3, -0.25) is 0 Å². The van der Waals surface area contributed by atoms with E-state index in [-0.39, 0.29) is 33.0 Å². The number of hydrogen-bond donors (Lipinski definition) is 0. The van der Waals surface area contributed by atoms with E-state index in [4.69, 9.17) is 0 Å². The Morgan fingerprint density at radius 3 is 1.40 bits per heavy atom. The summed E-state index contributed by atoms with van der Waals surface area (Å²) in [5.41, 5.74) is 11.0. The second-order valence-corrected chi connectivity index (χ2v) is 27.2. The zero-order valence-electron chi connectivity index (χ0n) is 31.6. The third-order valence-corrected chi connectivity index (χ3v) is 24.3. The van der Waals surface area contributed by atoms with Crippen LogP contribution in [0.3, 0.4) is 0 Å². The van der Waals surface area contributed by atoms with Crippen molar-refractivity contribution in [3.63, 3.8) is 0 Å². The summed E-state index contributed by atoms with van der Waals surface area (Å²) in [7, 11) is -4.31. The van der Waals surface area contributed by atoms with Crippen molar-refractivity contribution in [1.82, 2.24) is 0 Å². The average molecular weight is 711 g/mol. The standard InChI is InChI=1S/C44H50F4Si2/c1-25(2)49(26(3)4,27(5)6)18-16-31-14-13-15-32-20-33-23-38-35(21-34(33)22-37(31)32)24-39-40(42(46)44(48)43(47)41(39)45)36(38)17-19-50(28(7)8,29(9)10)30(11)12/h13-15,20-30H,1-12H3. The fraction of sp³-hybridized carbons (Fsp3) is 0.409. The number of fused-ring (bicyclic) bond motifs is 4. The molecule has 0 amide bonds. The van der Waals surface area contributed by atoms with Crippen LogP contribution in [-0.2, 0) is 0 Å². The summed E-state index contributed by atoms with van der Waals surface area (Å²) in [4.78, 5) is 0. The Morgan fingerprint density at radius 1 is 0.440 bits per heavy atom. The number of benzene rings is 5. The third kappa shape index (κ3) is 5.97. The van der Waals surface area contributed by atoms with Gasteiger partial charge < -0.3 is 0 Å². The molecule has 5 aromatic carbocycles. The van der Waals surface area contributed by atoms with Crippen molar-refractivity contribution in [1.29, 1.82) is 0 Å². The maximum atomic E-state index is 15.7. The van der Waals surface area contributed by atoms with Crippen molar-refractivity contribution in [2.75, 3.05) is 0 Å². The highest BCUT2D eigenvalue weighted by Gasteiger charge is 2.42. The van der Waals surface area contributed by atoms with Crippen LogP contribution in [0.2, 0.25) is 33.2 Å². The Kier molecular flexibility index (Phi) is 10.4. The molecule has 6 heteroatoms. The largest absolute Gasteiger partial charge is 0.203 e. The summed E-state index contributed by atoms with van der Waals surface area (Å²) >= 11 is 0. The van der Waals surface area contributed by atoms with Gasteiger partial charge in [-0.05, 0) is 102 Å². The molecule has 0 unspecified atom stereocenters. The van der Waals surface area contributed by atoms with Crippen molar-refractivity contribution in [2.24, 2.45) is 0 Å². The van der Waals surface area contributed by atoms with Crippen molar-refractivity contribution < 1.29 is 17.6 Å². The van der Waals surface area contributed by atoms with Gasteiger partial charge in [0.05, 0.1) is 0 Å². The molecular formula is C44H50F4Si2. The zero-order valence-corrected chi connectivity index (χ0v) is 33.6. The fourth-order valence-corrected chi connectivity index (χ4v) is 19.6. The molecular weight excluding hydrogens is 661 g/mol. The summed E-state index contributed by atoms with van der Waals surface area (Å²) in [6.07, 6.45) is 0. The van der Waals surface area contributed by atoms with Crippen molar-refractivity contribution >= 4 is 59.2 Å². The topological polar surface area (TPSA) is 0 Å². The van der Waals surface area contributed by atoms with Gasteiger partial charge in [-0.25, -0.2) is 17.6 Å². The molecule has 5 rings (SSSR count). The Hall–Kier alpha value is -3.59. The quantitative estimate of drug-likeness (QED) is 0.0411. The maximum Gasteiger partial charge on any atom is 0.198 e. The molecule has 0 N–H and O–H groups in total. The molecule has 0 atom stereocenters. The first-order valence-corrected chi connectivity index (χ1v) is 22.5. The molecule has 0 spiro atoms. The van der Waals surface area contributed by atoms with Crippen LogP contribution in [0, 0.1) is 46.2 Å². The predicted molar refractivity (Wildman–Crippen MR) is 212 cm³/mol. The molecule has 0 bridgehead atoms. The van der Waals surface area contributed by atoms with Crippen LogP contribution in [-0.4, -0.2) is 16.1 Å². The highest BCUT2D eigenvalue weighted by atomic mass is 28.3. The molecule has 0 aliphatic rings. The molecule has 5 aromatic rings. The van der Waals surface area contributed by atoms with E-state index in [1.165, 1.54) is 6.07 Å². The molecule has 0 aliphatic carbocycles. The van der Waals surface area contributed by atoms with E-state index >= 15 is 8.78 Å². The zero-order chi connectivity index (χ0) is 37.0. The molecule has 262 valence electrons. The SMILES string of the molecule is CC(C)[Si](C#Cc1cccc2cc3cc4c(C#C[Si](C(C)C)(C(C)C)C(C)C)c5c(F)c(F)c(F)c(F)c5cc4cc3cc12)(C(C)C)C(C)C. The lowest BCUT2D eigenvalue weighted by atomic mass is 9.92. The van der Waals surface area contributed by atoms with Gasteiger partial charge in [0.15, 0.2) is 23.3 Å². The minimum absolute atomic E-state index is 0.200. The van der Waals surface area contributed by atoms with Crippen molar-refractivity contribution in [3.05, 3.63) is 82.9 Å². The van der Waals surface area contributed by atoms with Gasteiger partial charge in [-0.1, -0.05) is 107 Å². The van der Waals surface area contributed by atoms with E-state index in [2.05, 4.69) is 130 Å². The predicted octanol–water partition coefficient (Wildman–Crippen LogP) is 14.0. The first-order chi connectivity index (χ1) is 23.4. The first kappa shape index (κ1) is 37.7. The molecule has 0 aromatic heterocycles. The molecule has 0 saturated heterocycles. The lowest BCUT2D eigenvalue weighted by Crippen LogP contribution is -2.43. The van der Waals surface area contributed by atoms with Gasteiger partial charge >= 0.3 is 0 Å². The fourth-order valence-electron chi connectivity index (χ4n) is 9.20. The summed E-state index contributed by atoms with van der Waals surface area (Å²) in [5.74, 6) is 0.457. The monoisotopic (exact) mass is 710 g/mol. The van der Waals surface area contributed by atoms with Gasteiger partial charge in [-0.15, -0.1) is 11.1 Å². The van der Waals surface area contributed by atoms with Crippen LogP contribution in [0.15, 0.2) is 48.5 Å². The van der Waals surface area contributed by atoms with E-state index < -0.39 is 39.4 Å². The average Bonchev–Trinajstić information content (AvgIpc) is 3.03. The second kappa shape index (κ2) is 13.9. The van der Waals surface area contributed by atoms with Crippen LogP contribution >= 0.6 is 0 Å². The summed E-state index contributed by atoms with van der Waals surface area (Å²) in [6, 6.07) is 15.6. The molecule has 0 radical (unpaired) electrons. The van der Waals surface area contributed by atoms with Crippen LogP contribution in [0.1, 0.15) is 94.2 Å². The van der Waals surface area contributed by atoms with E-state index in [0.717, 1.165) is 27.1 Å². The molecule has 0 nitrogen and oxygen atoms in total. The third-order valence-electron chi connectivity index (χ3n) is 11.7. The van der Waals surface area contributed by atoms with Gasteiger partial charge in [0.1, 0.15) is 16.1 Å². The van der Waals surface area contributed by atoms with E-state index in [1.807, 2.05) is 18.2 Å². The van der Waals surface area contributed by atoms with Crippen molar-refractivity contribution in [2.45, 2.75) is 116 Å². The van der Waals surface area contributed by atoms with Gasteiger partial charge in [0.25, 0.3) is 0 Å². The highest BCUT2D eigenvalue weighted by Crippen LogP contribution is 2.43. The first-order valence-electron chi connectivity index (χ1n) is 18.0. The molecule has 0 fully saturated rings. The molecule has 50 heavy (non-hydrogen) atoms. The second-order valence-electron chi connectivity index (χ2n) is 16.0. The van der Waals surface area contributed by atoms with Gasteiger partial charge in [-0.2, -0.15) is 0 Å². The van der Waals surface area contributed by atoms with Gasteiger partial charge in [0, 0.05) is 21.9 Å². The lowest BCUT2D eigenvalue weighted by molar-refractivity contribution is 0.418. The highest BCUT2D eigenvalue weighted by molar-refractivity contribution is 6.91.